The van der Waals surface area contributed by atoms with Crippen molar-refractivity contribution in [2.45, 2.75) is 0 Å². The zero-order valence-electron chi connectivity index (χ0n) is 9.81. The minimum absolute atomic E-state index is 0.419. The number of hydrogen-bond donors (Lipinski definition) is 1. The number of benzene rings is 1. The highest BCUT2D eigenvalue weighted by atomic mass is 16.5. The molecule has 0 aromatic heterocycles. The van der Waals surface area contributed by atoms with E-state index in [0.29, 0.717) is 43.4 Å². The maximum absolute atomic E-state index is 8.79. The average Bonchev–Trinajstić information content (AvgIpc) is 2.35. The zero-order valence-corrected chi connectivity index (χ0v) is 9.81. The first-order valence-corrected chi connectivity index (χ1v) is 5.27. The van der Waals surface area contributed by atoms with E-state index in [1.165, 1.54) is 0 Å². The van der Waals surface area contributed by atoms with Gasteiger partial charge in [0, 0.05) is 12.8 Å². The minimum Gasteiger partial charge on any atom is -0.491 e. The molecule has 17 heavy (non-hydrogen) atoms. The highest BCUT2D eigenvalue weighted by Crippen LogP contribution is 2.18. The normalized spacial score (nSPS) is 9.88. The van der Waals surface area contributed by atoms with Crippen molar-refractivity contribution < 1.29 is 14.2 Å². The van der Waals surface area contributed by atoms with Crippen LogP contribution >= 0.6 is 0 Å². The van der Waals surface area contributed by atoms with Crippen molar-refractivity contribution in [3.63, 3.8) is 0 Å². The summed E-state index contributed by atoms with van der Waals surface area (Å²) < 4.78 is 15.5. The molecule has 1 aromatic rings. The standard InChI is InChI=1S/C12H16N2O3/c1-15-4-5-16-6-7-17-11-2-3-12(14)10(8-11)9-13/h2-3,8H,4-7,14H2,1H3. The molecule has 0 amide bonds. The van der Waals surface area contributed by atoms with Crippen LogP contribution in [0.5, 0.6) is 5.75 Å². The van der Waals surface area contributed by atoms with E-state index in [9.17, 15) is 0 Å². The Kier molecular flexibility index (Phi) is 5.86. The molecule has 92 valence electrons. The molecule has 0 aliphatic carbocycles. The number of ether oxygens (including phenoxy) is 3. The van der Waals surface area contributed by atoms with E-state index in [0.717, 1.165) is 0 Å². The lowest BCUT2D eigenvalue weighted by molar-refractivity contribution is 0.0544. The highest BCUT2D eigenvalue weighted by Gasteiger charge is 2.00. The van der Waals surface area contributed by atoms with Gasteiger partial charge in [-0.15, -0.1) is 0 Å². The first kappa shape index (κ1) is 13.3. The molecule has 0 aliphatic rings. The van der Waals surface area contributed by atoms with Gasteiger partial charge in [0.15, 0.2) is 0 Å². The quantitative estimate of drug-likeness (QED) is 0.568. The lowest BCUT2D eigenvalue weighted by Crippen LogP contribution is -2.10. The molecule has 0 fully saturated rings. The van der Waals surface area contributed by atoms with E-state index in [2.05, 4.69) is 0 Å². The van der Waals surface area contributed by atoms with Crippen molar-refractivity contribution in [3.05, 3.63) is 23.8 Å². The van der Waals surface area contributed by atoms with Crippen LogP contribution in [-0.2, 0) is 9.47 Å². The Morgan fingerprint density at radius 2 is 2.00 bits per heavy atom. The molecule has 5 heteroatoms. The summed E-state index contributed by atoms with van der Waals surface area (Å²) in [7, 11) is 1.62. The van der Waals surface area contributed by atoms with Gasteiger partial charge in [-0.3, -0.25) is 0 Å². The Morgan fingerprint density at radius 3 is 2.71 bits per heavy atom. The van der Waals surface area contributed by atoms with Gasteiger partial charge in [0.05, 0.1) is 25.4 Å². The van der Waals surface area contributed by atoms with Gasteiger partial charge in [0.2, 0.25) is 0 Å². The molecular formula is C12H16N2O3. The lowest BCUT2D eigenvalue weighted by atomic mass is 10.2. The van der Waals surface area contributed by atoms with Crippen molar-refractivity contribution in [2.24, 2.45) is 0 Å². The van der Waals surface area contributed by atoms with Crippen LogP contribution in [0.3, 0.4) is 0 Å². The second-order valence-corrected chi connectivity index (χ2v) is 3.31. The monoisotopic (exact) mass is 236 g/mol. The molecule has 0 bridgehead atoms. The van der Waals surface area contributed by atoms with Crippen LogP contribution in [0.1, 0.15) is 5.56 Å². The van der Waals surface area contributed by atoms with Crippen LogP contribution in [0.15, 0.2) is 18.2 Å². The van der Waals surface area contributed by atoms with E-state index in [1.807, 2.05) is 6.07 Å². The number of nitriles is 1. The smallest absolute Gasteiger partial charge is 0.120 e. The maximum atomic E-state index is 8.79. The predicted molar refractivity (Wildman–Crippen MR) is 63.8 cm³/mol. The minimum atomic E-state index is 0.419. The Morgan fingerprint density at radius 1 is 1.24 bits per heavy atom. The van der Waals surface area contributed by atoms with Crippen molar-refractivity contribution in [1.82, 2.24) is 0 Å². The summed E-state index contributed by atoms with van der Waals surface area (Å²) in [6, 6.07) is 7.00. The summed E-state index contributed by atoms with van der Waals surface area (Å²) in [5.41, 5.74) is 6.47. The molecule has 0 unspecified atom stereocenters. The van der Waals surface area contributed by atoms with E-state index < -0.39 is 0 Å². The summed E-state index contributed by atoms with van der Waals surface area (Å²) in [5, 5.41) is 8.79. The van der Waals surface area contributed by atoms with E-state index in [-0.39, 0.29) is 0 Å². The van der Waals surface area contributed by atoms with Crippen LogP contribution in [0.25, 0.3) is 0 Å². The number of rotatable bonds is 7. The van der Waals surface area contributed by atoms with Crippen LogP contribution < -0.4 is 10.5 Å². The third-order valence-corrected chi connectivity index (χ3v) is 2.07. The summed E-state index contributed by atoms with van der Waals surface area (Å²) in [6.07, 6.45) is 0. The van der Waals surface area contributed by atoms with Crippen LogP contribution in [0.2, 0.25) is 0 Å². The topological polar surface area (TPSA) is 77.5 Å². The second-order valence-electron chi connectivity index (χ2n) is 3.31. The van der Waals surface area contributed by atoms with Gasteiger partial charge in [-0.25, -0.2) is 0 Å². The van der Waals surface area contributed by atoms with Crippen molar-refractivity contribution in [1.29, 1.82) is 5.26 Å². The molecule has 0 atom stereocenters. The Labute approximate surface area is 101 Å². The molecule has 1 aromatic carbocycles. The fourth-order valence-electron chi connectivity index (χ4n) is 1.18. The largest absolute Gasteiger partial charge is 0.491 e. The molecule has 0 radical (unpaired) electrons. The molecule has 0 spiro atoms. The van der Waals surface area contributed by atoms with Crippen molar-refractivity contribution in [2.75, 3.05) is 39.3 Å². The third-order valence-electron chi connectivity index (χ3n) is 2.07. The average molecular weight is 236 g/mol. The molecular weight excluding hydrogens is 220 g/mol. The number of nitrogen functional groups attached to an aromatic ring is 1. The fraction of sp³-hybridized carbons (Fsp3) is 0.417. The van der Waals surface area contributed by atoms with Gasteiger partial charge in [-0.05, 0) is 18.2 Å². The molecule has 0 heterocycles. The highest BCUT2D eigenvalue weighted by molar-refractivity contribution is 5.56. The van der Waals surface area contributed by atoms with Gasteiger partial charge in [0.1, 0.15) is 18.4 Å². The summed E-state index contributed by atoms with van der Waals surface area (Å²) in [4.78, 5) is 0. The molecule has 0 saturated carbocycles. The van der Waals surface area contributed by atoms with Gasteiger partial charge in [-0.1, -0.05) is 0 Å². The number of nitrogens with two attached hydrogens (primary N) is 1. The predicted octanol–water partition coefficient (Wildman–Crippen LogP) is 1.18. The van der Waals surface area contributed by atoms with Gasteiger partial charge < -0.3 is 19.9 Å². The lowest BCUT2D eigenvalue weighted by Gasteiger charge is -2.07. The second kappa shape index (κ2) is 7.49. The Balaban J connectivity index is 2.30. The van der Waals surface area contributed by atoms with Crippen LogP contribution in [0.4, 0.5) is 5.69 Å². The molecule has 5 nitrogen and oxygen atoms in total. The number of anilines is 1. The number of methoxy groups -OCH3 is 1. The SMILES string of the molecule is COCCOCCOc1ccc(N)c(C#N)c1. The first-order valence-electron chi connectivity index (χ1n) is 5.27. The van der Waals surface area contributed by atoms with E-state index in [1.54, 1.807) is 25.3 Å². The zero-order chi connectivity index (χ0) is 12.5. The Bertz CT molecular complexity index is 388. The maximum Gasteiger partial charge on any atom is 0.120 e. The summed E-state index contributed by atoms with van der Waals surface area (Å²) in [5.74, 6) is 0.617. The van der Waals surface area contributed by atoms with Gasteiger partial charge in [-0.2, -0.15) is 5.26 Å². The fourth-order valence-corrected chi connectivity index (χ4v) is 1.18. The first-order chi connectivity index (χ1) is 8.27. The van der Waals surface area contributed by atoms with Gasteiger partial charge >= 0.3 is 0 Å². The molecule has 2 N–H and O–H groups in total. The number of hydrogen-bond acceptors (Lipinski definition) is 5. The molecule has 0 saturated heterocycles. The van der Waals surface area contributed by atoms with Crippen LogP contribution in [0, 0.1) is 11.3 Å². The van der Waals surface area contributed by atoms with Crippen molar-refractivity contribution in [3.8, 4) is 11.8 Å². The van der Waals surface area contributed by atoms with Crippen LogP contribution in [-0.4, -0.2) is 33.5 Å². The Hall–Kier alpha value is -1.77. The molecule has 0 aliphatic heterocycles. The third kappa shape index (κ3) is 4.72. The van der Waals surface area contributed by atoms with E-state index >= 15 is 0 Å². The molecule has 1 rings (SSSR count). The summed E-state index contributed by atoms with van der Waals surface area (Å²) in [6.45, 7) is 2.03. The summed E-state index contributed by atoms with van der Waals surface area (Å²) >= 11 is 0. The van der Waals surface area contributed by atoms with Gasteiger partial charge in [0.25, 0.3) is 0 Å². The van der Waals surface area contributed by atoms with Crippen molar-refractivity contribution >= 4 is 5.69 Å². The van der Waals surface area contributed by atoms with E-state index in [4.69, 9.17) is 25.2 Å². The number of nitrogens with zero attached hydrogens (tertiary/aromatic N) is 1.